The van der Waals surface area contributed by atoms with Gasteiger partial charge in [0.25, 0.3) is 5.56 Å². The van der Waals surface area contributed by atoms with Crippen LogP contribution in [0.4, 0.5) is 5.69 Å². The summed E-state index contributed by atoms with van der Waals surface area (Å²) in [6.45, 7) is 2.37. The van der Waals surface area contributed by atoms with Gasteiger partial charge in [-0.2, -0.15) is 0 Å². The summed E-state index contributed by atoms with van der Waals surface area (Å²) in [6.07, 6.45) is 0. The Labute approximate surface area is 164 Å². The number of hydrogen-bond acceptors (Lipinski definition) is 6. The van der Waals surface area contributed by atoms with Gasteiger partial charge in [-0.25, -0.2) is 9.78 Å². The van der Waals surface area contributed by atoms with E-state index in [1.807, 2.05) is 13.0 Å². The van der Waals surface area contributed by atoms with Gasteiger partial charge < -0.3 is 14.6 Å². The third kappa shape index (κ3) is 3.42. The summed E-state index contributed by atoms with van der Waals surface area (Å²) in [5.74, 6) is 0.432. The largest absolute Gasteiger partial charge is 0.495 e. The van der Waals surface area contributed by atoms with E-state index >= 15 is 0 Å². The van der Waals surface area contributed by atoms with Gasteiger partial charge in [0.1, 0.15) is 5.75 Å². The Hall–Kier alpha value is -3.01. The molecule has 9 nitrogen and oxygen atoms in total. The van der Waals surface area contributed by atoms with E-state index in [1.54, 1.807) is 29.8 Å². The molecule has 1 aromatic carbocycles. The van der Waals surface area contributed by atoms with Crippen molar-refractivity contribution < 1.29 is 9.53 Å². The van der Waals surface area contributed by atoms with Gasteiger partial charge in [0.2, 0.25) is 5.91 Å². The second-order valence-corrected chi connectivity index (χ2v) is 7.00. The number of para-hydroxylation sites is 2. The Morgan fingerprint density at radius 2 is 1.93 bits per heavy atom. The summed E-state index contributed by atoms with van der Waals surface area (Å²) in [5, 5.41) is 3.31. The monoisotopic (exact) mass is 403 g/mol. The number of carbonyl (C=O) groups excluding carboxylic acids is 1. The fourth-order valence-corrected chi connectivity index (χ4v) is 3.75. The number of methoxy groups -OCH3 is 1. The normalized spacial score (nSPS) is 11.0. The van der Waals surface area contributed by atoms with Gasteiger partial charge >= 0.3 is 5.69 Å². The average molecular weight is 403 g/mol. The van der Waals surface area contributed by atoms with Crippen LogP contribution in [0.5, 0.6) is 5.75 Å². The molecule has 0 radical (unpaired) electrons. The summed E-state index contributed by atoms with van der Waals surface area (Å²) < 4.78 is 9.34. The molecule has 0 saturated heterocycles. The van der Waals surface area contributed by atoms with Gasteiger partial charge in [-0.05, 0) is 19.1 Å². The van der Waals surface area contributed by atoms with Crippen molar-refractivity contribution in [2.75, 3.05) is 18.2 Å². The van der Waals surface area contributed by atoms with Crippen molar-refractivity contribution in [3.05, 3.63) is 45.1 Å². The molecule has 10 heteroatoms. The van der Waals surface area contributed by atoms with Crippen LogP contribution in [0, 0.1) is 0 Å². The number of aromatic nitrogens is 4. The van der Waals surface area contributed by atoms with Crippen LogP contribution in [-0.4, -0.2) is 37.5 Å². The lowest BCUT2D eigenvalue weighted by molar-refractivity contribution is -0.113. The van der Waals surface area contributed by atoms with E-state index in [-0.39, 0.29) is 11.7 Å². The van der Waals surface area contributed by atoms with Gasteiger partial charge in [0.15, 0.2) is 16.3 Å². The maximum atomic E-state index is 12.5. The van der Waals surface area contributed by atoms with Gasteiger partial charge in [0.05, 0.1) is 18.6 Å². The number of thioether (sulfide) groups is 1. The van der Waals surface area contributed by atoms with Crippen LogP contribution >= 0.6 is 11.8 Å². The highest BCUT2D eigenvalue weighted by Crippen LogP contribution is 2.25. The minimum Gasteiger partial charge on any atom is -0.495 e. The lowest BCUT2D eigenvalue weighted by Crippen LogP contribution is -2.37. The molecule has 1 amide bonds. The fraction of sp³-hybridized carbons (Fsp3) is 0.333. The molecular formula is C18H21N5O4S. The Bertz CT molecular complexity index is 1160. The lowest BCUT2D eigenvalue weighted by Gasteiger charge is -2.10. The first-order chi connectivity index (χ1) is 13.4. The molecule has 0 spiro atoms. The van der Waals surface area contributed by atoms with Gasteiger partial charge in [-0.15, -0.1) is 0 Å². The number of amides is 1. The van der Waals surface area contributed by atoms with Crippen LogP contribution in [0.25, 0.3) is 11.2 Å². The molecule has 2 aromatic heterocycles. The van der Waals surface area contributed by atoms with Crippen LogP contribution in [-0.2, 0) is 25.4 Å². The maximum absolute atomic E-state index is 12.5. The molecule has 0 bridgehead atoms. The molecule has 2 heterocycles. The third-order valence-electron chi connectivity index (χ3n) is 4.34. The summed E-state index contributed by atoms with van der Waals surface area (Å²) in [7, 11) is 4.54. The highest BCUT2D eigenvalue weighted by atomic mass is 32.2. The number of fused-ring (bicyclic) bond motifs is 1. The predicted octanol–water partition coefficient (Wildman–Crippen LogP) is 1.19. The standard InChI is InChI=1S/C18H21N5O4S/c1-5-23-14-15(21(2)18(26)22(3)16(14)25)20-17(23)28-10-13(24)19-11-8-6-7-9-12(11)27-4/h6-9H,5,10H2,1-4H3,(H,19,24). The second kappa shape index (κ2) is 7.93. The first kappa shape index (κ1) is 19.7. The number of ether oxygens (including phenoxy) is 1. The first-order valence-corrected chi connectivity index (χ1v) is 9.59. The molecule has 0 atom stereocenters. The maximum Gasteiger partial charge on any atom is 0.332 e. The number of nitrogens with one attached hydrogen (secondary N) is 1. The van der Waals surface area contributed by atoms with Crippen molar-refractivity contribution in [2.24, 2.45) is 14.1 Å². The molecule has 0 unspecified atom stereocenters. The Morgan fingerprint density at radius 3 is 2.61 bits per heavy atom. The molecule has 3 aromatic rings. The molecule has 0 aliphatic rings. The van der Waals surface area contributed by atoms with E-state index in [9.17, 15) is 14.4 Å². The minimum absolute atomic E-state index is 0.0929. The number of imidazole rings is 1. The number of carbonyl (C=O) groups is 1. The van der Waals surface area contributed by atoms with Crippen molar-refractivity contribution >= 4 is 34.5 Å². The van der Waals surface area contributed by atoms with Crippen LogP contribution < -0.4 is 21.3 Å². The number of nitrogens with zero attached hydrogens (tertiary/aromatic N) is 4. The van der Waals surface area contributed by atoms with E-state index in [1.165, 1.54) is 30.5 Å². The summed E-state index contributed by atoms with van der Waals surface area (Å²) in [6, 6.07) is 7.13. The third-order valence-corrected chi connectivity index (χ3v) is 5.32. The summed E-state index contributed by atoms with van der Waals surface area (Å²) in [4.78, 5) is 41.5. The van der Waals surface area contributed by atoms with Crippen molar-refractivity contribution in [1.29, 1.82) is 0 Å². The van der Waals surface area contributed by atoms with Gasteiger partial charge in [-0.3, -0.25) is 18.7 Å². The highest BCUT2D eigenvalue weighted by molar-refractivity contribution is 7.99. The van der Waals surface area contributed by atoms with Crippen molar-refractivity contribution in [3.63, 3.8) is 0 Å². The van der Waals surface area contributed by atoms with Crippen molar-refractivity contribution in [1.82, 2.24) is 18.7 Å². The first-order valence-electron chi connectivity index (χ1n) is 8.61. The van der Waals surface area contributed by atoms with E-state index in [2.05, 4.69) is 10.3 Å². The molecule has 0 aliphatic heterocycles. The van der Waals surface area contributed by atoms with Crippen LogP contribution in [0.2, 0.25) is 0 Å². The number of anilines is 1. The van der Waals surface area contributed by atoms with Gasteiger partial charge in [-0.1, -0.05) is 23.9 Å². The number of benzene rings is 1. The topological polar surface area (TPSA) is 100 Å². The zero-order valence-corrected chi connectivity index (χ0v) is 16.9. The molecule has 3 rings (SSSR count). The summed E-state index contributed by atoms with van der Waals surface area (Å²) >= 11 is 1.20. The van der Waals surface area contributed by atoms with Crippen LogP contribution in [0.15, 0.2) is 39.0 Å². The molecule has 148 valence electrons. The number of hydrogen-bond donors (Lipinski definition) is 1. The molecule has 1 N–H and O–H groups in total. The van der Waals surface area contributed by atoms with E-state index < -0.39 is 11.2 Å². The summed E-state index contributed by atoms with van der Waals surface area (Å²) in [5.41, 5.74) is 0.389. The number of aryl methyl sites for hydroxylation is 2. The Morgan fingerprint density at radius 1 is 1.21 bits per heavy atom. The van der Waals surface area contributed by atoms with E-state index in [4.69, 9.17) is 4.74 Å². The molecule has 0 saturated carbocycles. The molecule has 28 heavy (non-hydrogen) atoms. The highest BCUT2D eigenvalue weighted by Gasteiger charge is 2.19. The minimum atomic E-state index is -0.441. The predicted molar refractivity (Wildman–Crippen MR) is 108 cm³/mol. The fourth-order valence-electron chi connectivity index (χ4n) is 2.89. The average Bonchev–Trinajstić information content (AvgIpc) is 3.08. The molecule has 0 fully saturated rings. The van der Waals surface area contributed by atoms with Crippen molar-refractivity contribution in [3.8, 4) is 5.75 Å². The Kier molecular flexibility index (Phi) is 5.59. The quantitative estimate of drug-likeness (QED) is 0.621. The Balaban J connectivity index is 1.88. The zero-order valence-electron chi connectivity index (χ0n) is 16.1. The lowest BCUT2D eigenvalue weighted by atomic mass is 10.3. The SMILES string of the molecule is CCn1c(SCC(=O)Nc2ccccc2OC)nc2c1c(=O)n(C)c(=O)n2C. The smallest absolute Gasteiger partial charge is 0.332 e. The van der Waals surface area contributed by atoms with Gasteiger partial charge in [0, 0.05) is 20.6 Å². The second-order valence-electron chi connectivity index (χ2n) is 6.05. The zero-order chi connectivity index (χ0) is 20.4. The van der Waals surface area contributed by atoms with Crippen LogP contribution in [0.1, 0.15) is 6.92 Å². The number of rotatable bonds is 6. The van der Waals surface area contributed by atoms with E-state index in [0.717, 1.165) is 4.57 Å². The molecule has 0 aliphatic carbocycles. The van der Waals surface area contributed by atoms with Crippen molar-refractivity contribution in [2.45, 2.75) is 18.6 Å². The van der Waals surface area contributed by atoms with Crippen LogP contribution in [0.3, 0.4) is 0 Å². The van der Waals surface area contributed by atoms with E-state index in [0.29, 0.717) is 34.3 Å². The molecular weight excluding hydrogens is 382 g/mol.